The Morgan fingerprint density at radius 1 is 1.04 bits per heavy atom. The quantitative estimate of drug-likeness (QED) is 0.733. The second-order valence-electron chi connectivity index (χ2n) is 5.99. The molecule has 4 heteroatoms. The van der Waals surface area contributed by atoms with Crippen LogP contribution in [0.5, 0.6) is 5.75 Å². The molecule has 0 aliphatic carbocycles. The highest BCUT2D eigenvalue weighted by atomic mass is 16.5. The van der Waals surface area contributed by atoms with Crippen molar-refractivity contribution in [3.05, 3.63) is 59.8 Å². The van der Waals surface area contributed by atoms with Crippen LogP contribution in [-0.4, -0.2) is 16.6 Å². The Morgan fingerprint density at radius 3 is 2.62 bits per heavy atom. The Morgan fingerprint density at radius 2 is 1.79 bits per heavy atom. The average molecular weight is 321 g/mol. The summed E-state index contributed by atoms with van der Waals surface area (Å²) in [4.78, 5) is 8.67. The number of ether oxygens (including phenoxy) is 1. The molecule has 0 spiro atoms. The van der Waals surface area contributed by atoms with Crippen LogP contribution in [0.3, 0.4) is 0 Å². The molecule has 0 saturated carbocycles. The lowest BCUT2D eigenvalue weighted by atomic mass is 9.98. The van der Waals surface area contributed by atoms with E-state index in [2.05, 4.69) is 35.9 Å². The summed E-state index contributed by atoms with van der Waals surface area (Å²) in [6.07, 6.45) is 1.79. The van der Waals surface area contributed by atoms with Gasteiger partial charge in [0, 0.05) is 11.8 Å². The molecule has 4 nitrogen and oxygen atoms in total. The van der Waals surface area contributed by atoms with Crippen molar-refractivity contribution in [3.8, 4) is 5.75 Å². The maximum Gasteiger partial charge on any atom is 0.220 e. The van der Waals surface area contributed by atoms with Gasteiger partial charge >= 0.3 is 0 Å². The van der Waals surface area contributed by atoms with Crippen molar-refractivity contribution >= 4 is 16.9 Å². The smallest absolute Gasteiger partial charge is 0.220 e. The third-order valence-corrected chi connectivity index (χ3v) is 4.36. The van der Waals surface area contributed by atoms with E-state index in [1.165, 1.54) is 5.56 Å². The van der Waals surface area contributed by atoms with Gasteiger partial charge in [-0.05, 0) is 30.0 Å². The van der Waals surface area contributed by atoms with Crippen molar-refractivity contribution in [2.75, 3.05) is 12.3 Å². The summed E-state index contributed by atoms with van der Waals surface area (Å²) in [5.41, 5.74) is 8.89. The molecule has 2 N–H and O–H groups in total. The second kappa shape index (κ2) is 7.30. The van der Waals surface area contributed by atoms with Gasteiger partial charge in [-0.3, -0.25) is 0 Å². The number of hydrogen-bond donors (Lipinski definition) is 1. The summed E-state index contributed by atoms with van der Waals surface area (Å²) in [7, 11) is 0. The first-order valence-corrected chi connectivity index (χ1v) is 8.42. The first kappa shape index (κ1) is 16.2. The van der Waals surface area contributed by atoms with Crippen molar-refractivity contribution in [3.63, 3.8) is 0 Å². The topological polar surface area (TPSA) is 61.0 Å². The van der Waals surface area contributed by atoms with E-state index in [1.807, 2.05) is 36.4 Å². The van der Waals surface area contributed by atoms with Crippen molar-refractivity contribution in [1.29, 1.82) is 0 Å². The molecule has 0 bridgehead atoms. The summed E-state index contributed by atoms with van der Waals surface area (Å²) < 4.78 is 6.05. The van der Waals surface area contributed by atoms with E-state index < -0.39 is 0 Å². The number of rotatable bonds is 6. The van der Waals surface area contributed by atoms with E-state index in [0.717, 1.165) is 28.8 Å². The Hall–Kier alpha value is -2.62. The van der Waals surface area contributed by atoms with Gasteiger partial charge in [-0.1, -0.05) is 50.2 Å². The maximum atomic E-state index is 6.05. The fourth-order valence-electron chi connectivity index (χ4n) is 2.85. The monoisotopic (exact) mass is 321 g/mol. The SMILES string of the molecule is CCC(C)c1ccccc1OCCc1nc(N)nc2ccccc12. The Labute approximate surface area is 142 Å². The van der Waals surface area contributed by atoms with E-state index in [-0.39, 0.29) is 0 Å². The minimum Gasteiger partial charge on any atom is -0.493 e. The molecule has 124 valence electrons. The number of nitrogen functional groups attached to an aromatic ring is 1. The van der Waals surface area contributed by atoms with E-state index in [4.69, 9.17) is 10.5 Å². The van der Waals surface area contributed by atoms with Crippen molar-refractivity contribution in [2.24, 2.45) is 0 Å². The molecule has 0 fully saturated rings. The molecule has 1 aromatic heterocycles. The lowest BCUT2D eigenvalue weighted by Crippen LogP contribution is -2.08. The highest BCUT2D eigenvalue weighted by Gasteiger charge is 2.10. The molecule has 3 aromatic rings. The summed E-state index contributed by atoms with van der Waals surface area (Å²) in [6, 6.07) is 16.2. The van der Waals surface area contributed by atoms with Crippen LogP contribution in [0.25, 0.3) is 10.9 Å². The van der Waals surface area contributed by atoms with E-state index in [9.17, 15) is 0 Å². The van der Waals surface area contributed by atoms with Gasteiger partial charge in [0.1, 0.15) is 5.75 Å². The molecule has 2 aromatic carbocycles. The highest BCUT2D eigenvalue weighted by molar-refractivity contribution is 5.81. The minimum atomic E-state index is 0.309. The second-order valence-corrected chi connectivity index (χ2v) is 5.99. The van der Waals surface area contributed by atoms with Gasteiger partial charge in [0.2, 0.25) is 5.95 Å². The van der Waals surface area contributed by atoms with Crippen LogP contribution in [0.4, 0.5) is 5.95 Å². The van der Waals surface area contributed by atoms with Crippen molar-refractivity contribution < 1.29 is 4.74 Å². The first-order chi connectivity index (χ1) is 11.7. The first-order valence-electron chi connectivity index (χ1n) is 8.42. The summed E-state index contributed by atoms with van der Waals surface area (Å²) in [6.45, 7) is 4.98. The molecule has 0 radical (unpaired) electrons. The van der Waals surface area contributed by atoms with Gasteiger partial charge < -0.3 is 10.5 Å². The average Bonchev–Trinajstić information content (AvgIpc) is 2.61. The molecule has 1 unspecified atom stereocenters. The zero-order valence-corrected chi connectivity index (χ0v) is 14.2. The normalized spacial score (nSPS) is 12.2. The van der Waals surface area contributed by atoms with Crippen molar-refractivity contribution in [1.82, 2.24) is 9.97 Å². The molecule has 0 aliphatic heterocycles. The summed E-state index contributed by atoms with van der Waals surface area (Å²) >= 11 is 0. The molecule has 24 heavy (non-hydrogen) atoms. The van der Waals surface area contributed by atoms with Crippen molar-refractivity contribution in [2.45, 2.75) is 32.6 Å². The van der Waals surface area contributed by atoms with Crippen LogP contribution >= 0.6 is 0 Å². The molecule has 0 saturated heterocycles. The molecule has 1 heterocycles. The number of nitrogens with zero attached hydrogens (tertiary/aromatic N) is 2. The predicted octanol–water partition coefficient (Wildman–Crippen LogP) is 4.35. The lowest BCUT2D eigenvalue weighted by molar-refractivity contribution is 0.316. The van der Waals surface area contributed by atoms with Crippen LogP contribution < -0.4 is 10.5 Å². The largest absolute Gasteiger partial charge is 0.493 e. The van der Waals surface area contributed by atoms with Gasteiger partial charge in [-0.25, -0.2) is 9.97 Å². The number of anilines is 1. The zero-order chi connectivity index (χ0) is 16.9. The number of para-hydroxylation sites is 2. The van der Waals surface area contributed by atoms with Crippen LogP contribution in [0, 0.1) is 0 Å². The number of fused-ring (bicyclic) bond motifs is 1. The molecule has 0 amide bonds. The fourth-order valence-corrected chi connectivity index (χ4v) is 2.85. The zero-order valence-electron chi connectivity index (χ0n) is 14.2. The van der Waals surface area contributed by atoms with Gasteiger partial charge in [0.15, 0.2) is 0 Å². The van der Waals surface area contributed by atoms with Gasteiger partial charge in [-0.2, -0.15) is 0 Å². The number of hydrogen-bond acceptors (Lipinski definition) is 4. The van der Waals surface area contributed by atoms with Crippen LogP contribution in [0.2, 0.25) is 0 Å². The number of benzene rings is 2. The molecule has 0 aliphatic rings. The van der Waals surface area contributed by atoms with Crippen LogP contribution in [0.15, 0.2) is 48.5 Å². The Balaban J connectivity index is 1.76. The third-order valence-electron chi connectivity index (χ3n) is 4.36. The van der Waals surface area contributed by atoms with Crippen LogP contribution in [0.1, 0.15) is 37.4 Å². The Bertz CT molecular complexity index is 832. The predicted molar refractivity (Wildman–Crippen MR) is 98.3 cm³/mol. The standard InChI is InChI=1S/C20H23N3O/c1-3-14(2)15-8-5-7-11-19(15)24-13-12-18-16-9-4-6-10-17(16)22-20(21)23-18/h4-11,14H,3,12-13H2,1-2H3,(H2,21,22,23). The van der Waals surface area contributed by atoms with Gasteiger partial charge in [0.25, 0.3) is 0 Å². The minimum absolute atomic E-state index is 0.309. The summed E-state index contributed by atoms with van der Waals surface area (Å²) in [5, 5.41) is 1.03. The fraction of sp³-hybridized carbons (Fsp3) is 0.300. The molecular weight excluding hydrogens is 298 g/mol. The van der Waals surface area contributed by atoms with Crippen LogP contribution in [-0.2, 0) is 6.42 Å². The van der Waals surface area contributed by atoms with Gasteiger partial charge in [-0.15, -0.1) is 0 Å². The third kappa shape index (κ3) is 3.48. The molecular formula is C20H23N3O. The highest BCUT2D eigenvalue weighted by Crippen LogP contribution is 2.28. The molecule has 1 atom stereocenters. The van der Waals surface area contributed by atoms with E-state index in [1.54, 1.807) is 0 Å². The van der Waals surface area contributed by atoms with E-state index in [0.29, 0.717) is 24.9 Å². The lowest BCUT2D eigenvalue weighted by Gasteiger charge is -2.15. The summed E-state index contributed by atoms with van der Waals surface area (Å²) in [5.74, 6) is 1.75. The number of nitrogens with two attached hydrogens (primary N) is 1. The number of aromatic nitrogens is 2. The van der Waals surface area contributed by atoms with Gasteiger partial charge in [0.05, 0.1) is 17.8 Å². The van der Waals surface area contributed by atoms with E-state index >= 15 is 0 Å². The maximum absolute atomic E-state index is 6.05. The Kier molecular flexibility index (Phi) is 4.94. The molecule has 3 rings (SSSR count).